The van der Waals surface area contributed by atoms with Crippen molar-refractivity contribution >= 4 is 6.72 Å². The summed E-state index contributed by atoms with van der Waals surface area (Å²) in [5.41, 5.74) is 2.77. The molecule has 0 bridgehead atoms. The Bertz CT molecular complexity index is 397. The summed E-state index contributed by atoms with van der Waals surface area (Å²) in [5.74, 6) is 0.546. The second-order valence-corrected chi connectivity index (χ2v) is 5.35. The molecule has 1 aromatic carbocycles. The van der Waals surface area contributed by atoms with E-state index in [0.29, 0.717) is 11.3 Å². The largest absolute Gasteiger partial charge is 0.269 e. The van der Waals surface area contributed by atoms with Crippen LogP contribution in [0.5, 0.6) is 0 Å². The van der Waals surface area contributed by atoms with Gasteiger partial charge in [0.05, 0.1) is 0 Å². The van der Waals surface area contributed by atoms with Crippen molar-refractivity contribution in [2.75, 3.05) is 0 Å². The van der Waals surface area contributed by atoms with Gasteiger partial charge >= 0.3 is 0 Å². The zero-order valence-electron chi connectivity index (χ0n) is 10.7. The molecule has 0 radical (unpaired) electrons. The molecule has 0 spiro atoms. The maximum atomic E-state index is 3.99. The highest BCUT2D eigenvalue weighted by Gasteiger charge is 2.33. The van der Waals surface area contributed by atoms with E-state index in [1.54, 1.807) is 0 Å². The summed E-state index contributed by atoms with van der Waals surface area (Å²) in [7, 11) is 0. The van der Waals surface area contributed by atoms with Gasteiger partial charge in [0.2, 0.25) is 0 Å². The maximum absolute atomic E-state index is 3.99. The minimum Gasteiger partial charge on any atom is -0.269 e. The molecule has 0 unspecified atom stereocenters. The quantitative estimate of drug-likeness (QED) is 0.681. The Labute approximate surface area is 104 Å². The number of hydrogen-bond donors (Lipinski definition) is 0. The Balaban J connectivity index is 2.08. The molecule has 90 valence electrons. The topological polar surface area (TPSA) is 12.4 Å². The molecule has 17 heavy (non-hydrogen) atoms. The van der Waals surface area contributed by atoms with Gasteiger partial charge in [-0.05, 0) is 43.4 Å². The van der Waals surface area contributed by atoms with Crippen molar-refractivity contribution in [3.8, 4) is 0 Å². The predicted molar refractivity (Wildman–Crippen MR) is 74.4 cm³/mol. The summed E-state index contributed by atoms with van der Waals surface area (Å²) in [6.45, 7) is 9.95. The van der Waals surface area contributed by atoms with E-state index >= 15 is 0 Å². The third-order valence-corrected chi connectivity index (χ3v) is 4.23. The Kier molecular flexibility index (Phi) is 3.46. The molecule has 1 heteroatoms. The van der Waals surface area contributed by atoms with E-state index in [-0.39, 0.29) is 0 Å². The zero-order valence-corrected chi connectivity index (χ0v) is 10.7. The van der Waals surface area contributed by atoms with Crippen LogP contribution < -0.4 is 0 Å². The average molecular weight is 227 g/mol. The van der Waals surface area contributed by atoms with Crippen LogP contribution in [0.1, 0.15) is 38.2 Å². The first kappa shape index (κ1) is 12.1. The Morgan fingerprint density at radius 3 is 2.35 bits per heavy atom. The summed E-state index contributed by atoms with van der Waals surface area (Å²) in [4.78, 5) is 3.99. The molecule has 0 amide bonds. The molecule has 1 aliphatic carbocycles. The highest BCUT2D eigenvalue weighted by atomic mass is 14.7. The molecule has 0 aliphatic heterocycles. The number of aliphatic imine (C=N–C) groups is 1. The van der Waals surface area contributed by atoms with E-state index in [9.17, 15) is 0 Å². The van der Waals surface area contributed by atoms with Gasteiger partial charge in [0, 0.05) is 11.6 Å². The van der Waals surface area contributed by atoms with E-state index < -0.39 is 0 Å². The van der Waals surface area contributed by atoms with Crippen LogP contribution in [0.2, 0.25) is 0 Å². The highest BCUT2D eigenvalue weighted by Crippen LogP contribution is 2.42. The van der Waals surface area contributed by atoms with Crippen molar-refractivity contribution in [1.29, 1.82) is 0 Å². The minimum absolute atomic E-state index is 0.333. The van der Waals surface area contributed by atoms with E-state index in [1.807, 2.05) is 0 Å². The monoisotopic (exact) mass is 227 g/mol. The van der Waals surface area contributed by atoms with Gasteiger partial charge in [-0.1, -0.05) is 43.8 Å². The van der Waals surface area contributed by atoms with Gasteiger partial charge in [-0.3, -0.25) is 4.99 Å². The molecule has 0 aromatic heterocycles. The van der Waals surface area contributed by atoms with Gasteiger partial charge in [0.25, 0.3) is 0 Å². The van der Waals surface area contributed by atoms with E-state index in [1.165, 1.54) is 31.2 Å². The fourth-order valence-electron chi connectivity index (χ4n) is 2.85. The van der Waals surface area contributed by atoms with E-state index in [4.69, 9.17) is 0 Å². The maximum Gasteiger partial charge on any atom is 0.0355 e. The normalized spacial score (nSPS) is 28.6. The second-order valence-electron chi connectivity index (χ2n) is 5.35. The number of allylic oxidation sites excluding steroid dienone is 1. The molecule has 0 heterocycles. The minimum atomic E-state index is 0.333. The lowest BCUT2D eigenvalue weighted by Crippen LogP contribution is -2.28. The molecule has 1 nitrogen and oxygen atoms in total. The van der Waals surface area contributed by atoms with Crippen molar-refractivity contribution in [1.82, 2.24) is 0 Å². The summed E-state index contributed by atoms with van der Waals surface area (Å²) < 4.78 is 0. The van der Waals surface area contributed by atoms with Crippen molar-refractivity contribution in [3.05, 3.63) is 48.2 Å². The van der Waals surface area contributed by atoms with Gasteiger partial charge in [0.1, 0.15) is 0 Å². The van der Waals surface area contributed by atoms with Gasteiger partial charge in [0.15, 0.2) is 0 Å². The van der Waals surface area contributed by atoms with Crippen molar-refractivity contribution in [3.63, 3.8) is 0 Å². The number of benzene rings is 1. The van der Waals surface area contributed by atoms with Gasteiger partial charge in [-0.25, -0.2) is 0 Å². The molecule has 0 atom stereocenters. The fraction of sp³-hybridized carbons (Fsp3) is 0.438. The molecular formula is C16H21N. The third kappa shape index (κ3) is 2.49. The first-order valence-electron chi connectivity index (χ1n) is 6.37. The van der Waals surface area contributed by atoms with Crippen molar-refractivity contribution < 1.29 is 0 Å². The van der Waals surface area contributed by atoms with Gasteiger partial charge in [-0.2, -0.15) is 0 Å². The summed E-state index contributed by atoms with van der Waals surface area (Å²) in [6, 6.07) is 10.9. The number of hydrogen-bond acceptors (Lipinski definition) is 1. The summed E-state index contributed by atoms with van der Waals surface area (Å²) >= 11 is 0. The Morgan fingerprint density at radius 1 is 1.24 bits per heavy atom. The van der Waals surface area contributed by atoms with Crippen LogP contribution in [0, 0.1) is 5.92 Å². The van der Waals surface area contributed by atoms with Crippen LogP contribution in [-0.2, 0) is 5.41 Å². The van der Waals surface area contributed by atoms with Gasteiger partial charge in [-0.15, -0.1) is 0 Å². The SMILES string of the molecule is C=NC(=C)C1CCC(C)(c2ccccc2)CC1. The van der Waals surface area contributed by atoms with Crippen molar-refractivity contribution in [2.24, 2.45) is 10.9 Å². The van der Waals surface area contributed by atoms with Crippen LogP contribution in [0.3, 0.4) is 0 Å². The Morgan fingerprint density at radius 2 is 1.82 bits per heavy atom. The van der Waals surface area contributed by atoms with Crippen LogP contribution in [0.4, 0.5) is 0 Å². The molecule has 1 aromatic rings. The lowest BCUT2D eigenvalue weighted by atomic mass is 9.67. The molecule has 0 saturated heterocycles. The average Bonchev–Trinajstić information content (AvgIpc) is 2.40. The van der Waals surface area contributed by atoms with Crippen LogP contribution in [0.15, 0.2) is 47.6 Å². The predicted octanol–water partition coefficient (Wildman–Crippen LogP) is 4.35. The van der Waals surface area contributed by atoms with Gasteiger partial charge < -0.3 is 0 Å². The Hall–Kier alpha value is -1.37. The lowest BCUT2D eigenvalue weighted by Gasteiger charge is -2.37. The summed E-state index contributed by atoms with van der Waals surface area (Å²) in [6.07, 6.45) is 4.80. The zero-order chi connectivity index (χ0) is 12.3. The third-order valence-electron chi connectivity index (χ3n) is 4.23. The number of nitrogens with zero attached hydrogens (tertiary/aromatic N) is 1. The molecule has 1 fully saturated rings. The first-order chi connectivity index (χ1) is 8.15. The lowest BCUT2D eigenvalue weighted by molar-refractivity contribution is 0.270. The van der Waals surface area contributed by atoms with Crippen LogP contribution in [0.25, 0.3) is 0 Å². The standard InChI is InChI=1S/C16H21N/c1-13(17-3)14-9-11-16(2,12-10-14)15-7-5-4-6-8-15/h4-8,14H,1,3,9-12H2,2H3. The smallest absolute Gasteiger partial charge is 0.0355 e. The highest BCUT2D eigenvalue weighted by molar-refractivity contribution is 5.30. The molecule has 0 N–H and O–H groups in total. The fourth-order valence-corrected chi connectivity index (χ4v) is 2.85. The van der Waals surface area contributed by atoms with E-state index in [0.717, 1.165) is 5.70 Å². The molecule has 2 rings (SSSR count). The van der Waals surface area contributed by atoms with E-state index in [2.05, 4.69) is 55.5 Å². The van der Waals surface area contributed by atoms with Crippen LogP contribution >= 0.6 is 0 Å². The molecular weight excluding hydrogens is 206 g/mol. The summed E-state index contributed by atoms with van der Waals surface area (Å²) in [5, 5.41) is 0. The first-order valence-corrected chi connectivity index (χ1v) is 6.37. The number of rotatable bonds is 3. The molecule has 1 saturated carbocycles. The van der Waals surface area contributed by atoms with Crippen molar-refractivity contribution in [2.45, 2.75) is 38.0 Å². The van der Waals surface area contributed by atoms with Crippen LogP contribution in [-0.4, -0.2) is 6.72 Å². The molecule has 1 aliphatic rings. The second kappa shape index (κ2) is 4.87.